The zero-order chi connectivity index (χ0) is 20.3. The summed E-state index contributed by atoms with van der Waals surface area (Å²) >= 11 is 0. The second-order valence-electron chi connectivity index (χ2n) is 7.53. The Morgan fingerprint density at radius 3 is 2.40 bits per heavy atom. The first-order chi connectivity index (χ1) is 14.2. The molecule has 2 aromatic rings. The second-order valence-corrected chi connectivity index (χ2v) is 7.53. The number of morpholine rings is 1. The van der Waals surface area contributed by atoms with Crippen LogP contribution < -0.4 is 15.5 Å². The molecule has 2 aromatic carbocycles. The quantitative estimate of drug-likeness (QED) is 0.310. The number of guanidine groups is 1. The molecule has 1 heterocycles. The van der Waals surface area contributed by atoms with Crippen LogP contribution in [0.2, 0.25) is 0 Å². The number of nitrogens with zero attached hydrogens (tertiary/aromatic N) is 2. The van der Waals surface area contributed by atoms with E-state index in [1.165, 1.54) is 16.8 Å². The summed E-state index contributed by atoms with van der Waals surface area (Å²) in [5, 5.41) is 6.90. The van der Waals surface area contributed by atoms with Gasteiger partial charge in [-0.05, 0) is 49.9 Å². The fourth-order valence-corrected chi connectivity index (χ4v) is 3.46. The van der Waals surface area contributed by atoms with Crippen LogP contribution in [0, 0.1) is 0 Å². The summed E-state index contributed by atoms with van der Waals surface area (Å²) in [7, 11) is 0. The van der Waals surface area contributed by atoms with Crippen molar-refractivity contribution in [1.82, 2.24) is 10.6 Å². The Balaban J connectivity index is 0.00000320. The van der Waals surface area contributed by atoms with E-state index in [1.807, 2.05) is 0 Å². The number of hydrogen-bond acceptors (Lipinski definition) is 3. The number of nitrogens with one attached hydrogen (secondary N) is 2. The summed E-state index contributed by atoms with van der Waals surface area (Å²) in [6.45, 7) is 9.39. The number of rotatable bonds is 8. The van der Waals surface area contributed by atoms with Gasteiger partial charge in [0.2, 0.25) is 0 Å². The van der Waals surface area contributed by atoms with Crippen LogP contribution in [0.15, 0.2) is 59.6 Å². The van der Waals surface area contributed by atoms with Crippen LogP contribution in [0.4, 0.5) is 5.69 Å². The van der Waals surface area contributed by atoms with Crippen LogP contribution in [-0.4, -0.2) is 44.8 Å². The molecule has 0 bridgehead atoms. The van der Waals surface area contributed by atoms with Gasteiger partial charge in [-0.15, -0.1) is 24.0 Å². The predicted molar refractivity (Wildman–Crippen MR) is 137 cm³/mol. The van der Waals surface area contributed by atoms with E-state index in [1.54, 1.807) is 0 Å². The van der Waals surface area contributed by atoms with Gasteiger partial charge in [0.15, 0.2) is 5.96 Å². The Morgan fingerprint density at radius 1 is 1.03 bits per heavy atom. The molecule has 3 rings (SSSR count). The molecule has 1 unspecified atom stereocenters. The first-order valence-corrected chi connectivity index (χ1v) is 10.7. The Morgan fingerprint density at radius 2 is 1.73 bits per heavy atom. The third-order valence-electron chi connectivity index (χ3n) is 5.17. The average molecular weight is 522 g/mol. The van der Waals surface area contributed by atoms with Crippen molar-refractivity contribution in [1.29, 1.82) is 0 Å². The third-order valence-corrected chi connectivity index (χ3v) is 5.17. The fourth-order valence-electron chi connectivity index (χ4n) is 3.46. The van der Waals surface area contributed by atoms with Crippen LogP contribution in [0.3, 0.4) is 0 Å². The fraction of sp³-hybridized carbons (Fsp3) is 0.458. The zero-order valence-electron chi connectivity index (χ0n) is 18.1. The maximum absolute atomic E-state index is 5.43. The highest BCUT2D eigenvalue weighted by Gasteiger charge is 2.11. The first-order valence-electron chi connectivity index (χ1n) is 10.7. The van der Waals surface area contributed by atoms with Crippen molar-refractivity contribution in [2.45, 2.75) is 39.3 Å². The lowest BCUT2D eigenvalue weighted by atomic mass is 10.1. The standard InChI is InChI=1S/C24H34N4O.HI/c1-3-25-24(27-20(2)9-10-21-7-5-4-6-8-21)26-19-22-11-13-23(14-12-22)28-15-17-29-18-16-28;/h4-8,11-14,20H,3,9-10,15-19H2,1-2H3,(H2,25,26,27);1H. The summed E-state index contributed by atoms with van der Waals surface area (Å²) in [4.78, 5) is 7.15. The van der Waals surface area contributed by atoms with Crippen molar-refractivity contribution in [3.63, 3.8) is 0 Å². The molecule has 30 heavy (non-hydrogen) atoms. The highest BCUT2D eigenvalue weighted by Crippen LogP contribution is 2.17. The normalized spacial score (nSPS) is 15.3. The lowest BCUT2D eigenvalue weighted by molar-refractivity contribution is 0.122. The molecule has 0 aromatic heterocycles. The summed E-state index contributed by atoms with van der Waals surface area (Å²) in [5.74, 6) is 0.880. The summed E-state index contributed by atoms with van der Waals surface area (Å²) < 4.78 is 5.43. The van der Waals surface area contributed by atoms with Crippen LogP contribution >= 0.6 is 24.0 Å². The Labute approximate surface area is 198 Å². The van der Waals surface area contributed by atoms with Gasteiger partial charge in [0.05, 0.1) is 19.8 Å². The van der Waals surface area contributed by atoms with E-state index in [4.69, 9.17) is 9.73 Å². The van der Waals surface area contributed by atoms with Crippen LogP contribution in [0.5, 0.6) is 0 Å². The monoisotopic (exact) mass is 522 g/mol. The maximum Gasteiger partial charge on any atom is 0.191 e. The minimum atomic E-state index is 0. The lowest BCUT2D eigenvalue weighted by Gasteiger charge is -2.28. The summed E-state index contributed by atoms with van der Waals surface area (Å²) in [5.41, 5.74) is 3.86. The molecule has 0 aliphatic carbocycles. The second kappa shape index (κ2) is 13.5. The minimum Gasteiger partial charge on any atom is -0.378 e. The number of halogens is 1. The number of aryl methyl sites for hydroxylation is 1. The van der Waals surface area contributed by atoms with Crippen LogP contribution in [-0.2, 0) is 17.7 Å². The molecule has 0 amide bonds. The maximum atomic E-state index is 5.43. The topological polar surface area (TPSA) is 48.9 Å². The molecule has 1 fully saturated rings. The number of hydrogen-bond donors (Lipinski definition) is 2. The zero-order valence-corrected chi connectivity index (χ0v) is 20.5. The first kappa shape index (κ1) is 24.5. The van der Waals surface area contributed by atoms with E-state index in [0.717, 1.165) is 51.6 Å². The Hall–Kier alpha value is -1.80. The molecular weight excluding hydrogens is 487 g/mol. The average Bonchev–Trinajstić information content (AvgIpc) is 2.78. The molecule has 1 aliphatic rings. The Kier molecular flexibility index (Phi) is 11.0. The molecule has 1 atom stereocenters. The molecule has 1 aliphatic heterocycles. The van der Waals surface area contributed by atoms with E-state index < -0.39 is 0 Å². The van der Waals surface area contributed by atoms with E-state index >= 15 is 0 Å². The van der Waals surface area contributed by atoms with Gasteiger partial charge in [0.25, 0.3) is 0 Å². The molecule has 1 saturated heterocycles. The van der Waals surface area contributed by atoms with Gasteiger partial charge in [0, 0.05) is 31.4 Å². The molecule has 6 heteroatoms. The highest BCUT2D eigenvalue weighted by molar-refractivity contribution is 14.0. The number of ether oxygens (including phenoxy) is 1. The van der Waals surface area contributed by atoms with Crippen molar-refractivity contribution in [3.8, 4) is 0 Å². The number of anilines is 1. The van der Waals surface area contributed by atoms with Crippen LogP contribution in [0.25, 0.3) is 0 Å². The van der Waals surface area contributed by atoms with E-state index in [9.17, 15) is 0 Å². The van der Waals surface area contributed by atoms with Gasteiger partial charge in [0.1, 0.15) is 0 Å². The van der Waals surface area contributed by atoms with E-state index in [-0.39, 0.29) is 24.0 Å². The third kappa shape index (κ3) is 8.14. The molecule has 0 saturated carbocycles. The van der Waals surface area contributed by atoms with E-state index in [0.29, 0.717) is 12.6 Å². The van der Waals surface area contributed by atoms with Crippen molar-refractivity contribution < 1.29 is 4.74 Å². The largest absolute Gasteiger partial charge is 0.378 e. The molecular formula is C24H35IN4O. The van der Waals surface area contributed by atoms with Crippen molar-refractivity contribution in [2.75, 3.05) is 37.7 Å². The molecule has 2 N–H and O–H groups in total. The van der Waals surface area contributed by atoms with Crippen molar-refractivity contribution in [3.05, 3.63) is 65.7 Å². The summed E-state index contributed by atoms with van der Waals surface area (Å²) in [6.07, 6.45) is 2.14. The van der Waals surface area contributed by atoms with Gasteiger partial charge in [-0.1, -0.05) is 42.5 Å². The van der Waals surface area contributed by atoms with Gasteiger partial charge >= 0.3 is 0 Å². The smallest absolute Gasteiger partial charge is 0.191 e. The number of benzene rings is 2. The molecule has 0 spiro atoms. The number of aliphatic imine (C=N–C) groups is 1. The van der Waals surface area contributed by atoms with Crippen molar-refractivity contribution in [2.24, 2.45) is 4.99 Å². The predicted octanol–water partition coefficient (Wildman–Crippen LogP) is 4.22. The minimum absolute atomic E-state index is 0. The van der Waals surface area contributed by atoms with Gasteiger partial charge < -0.3 is 20.3 Å². The van der Waals surface area contributed by atoms with Gasteiger partial charge in [-0.25, -0.2) is 4.99 Å². The van der Waals surface area contributed by atoms with Crippen molar-refractivity contribution >= 4 is 35.6 Å². The van der Waals surface area contributed by atoms with E-state index in [2.05, 4.69) is 84.0 Å². The summed E-state index contributed by atoms with van der Waals surface area (Å²) in [6, 6.07) is 19.7. The highest BCUT2D eigenvalue weighted by atomic mass is 127. The van der Waals surface area contributed by atoms with Gasteiger partial charge in [-0.2, -0.15) is 0 Å². The molecule has 164 valence electrons. The molecule has 5 nitrogen and oxygen atoms in total. The Bertz CT molecular complexity index is 746. The lowest BCUT2D eigenvalue weighted by Crippen LogP contribution is -2.42. The SMILES string of the molecule is CCNC(=NCc1ccc(N2CCOCC2)cc1)NC(C)CCc1ccccc1.I. The molecule has 0 radical (unpaired) electrons. The van der Waals surface area contributed by atoms with Crippen LogP contribution in [0.1, 0.15) is 31.4 Å². The van der Waals surface area contributed by atoms with Gasteiger partial charge in [-0.3, -0.25) is 0 Å².